The van der Waals surface area contributed by atoms with Gasteiger partial charge in [-0.15, -0.1) is 13.2 Å². The molecule has 0 aliphatic rings. The lowest BCUT2D eigenvalue weighted by atomic mass is 9.98. The van der Waals surface area contributed by atoms with Crippen LogP contribution in [-0.2, 0) is 19.4 Å². The largest absolute Gasteiger partial charge is 0.573 e. The van der Waals surface area contributed by atoms with Gasteiger partial charge >= 0.3 is 12.4 Å². The van der Waals surface area contributed by atoms with E-state index in [1.54, 1.807) is 4.57 Å². The number of alkyl halides is 3. The maximum Gasteiger partial charge on any atom is 0.573 e. The van der Waals surface area contributed by atoms with Gasteiger partial charge in [0.25, 0.3) is 5.56 Å². The molecule has 5 aromatic rings. The van der Waals surface area contributed by atoms with Crippen molar-refractivity contribution in [2.24, 2.45) is 0 Å². The minimum atomic E-state index is -4.81. The molecule has 11 heteroatoms. The fraction of sp³-hybridized carbons (Fsp3) is 0.226. The first-order chi connectivity index (χ1) is 20.2. The molecule has 8 nitrogen and oxygen atoms in total. The van der Waals surface area contributed by atoms with Crippen LogP contribution in [0.5, 0.6) is 11.8 Å². The number of hydrogen-bond donors (Lipinski definition) is 1. The summed E-state index contributed by atoms with van der Waals surface area (Å²) in [5.41, 5.74) is 4.40. The third-order valence-corrected chi connectivity index (χ3v) is 6.70. The number of nitrogens with zero attached hydrogens (tertiary/aromatic N) is 4. The van der Waals surface area contributed by atoms with Gasteiger partial charge in [0.15, 0.2) is 0 Å². The molecule has 0 amide bonds. The maximum absolute atomic E-state index is 13.9. The van der Waals surface area contributed by atoms with Gasteiger partial charge in [0.05, 0.1) is 17.8 Å². The third kappa shape index (κ3) is 6.19. The van der Waals surface area contributed by atoms with E-state index in [1.807, 2.05) is 62.4 Å². The number of aromatic hydroxyl groups is 1. The summed E-state index contributed by atoms with van der Waals surface area (Å²) in [4.78, 5) is 22.7. The van der Waals surface area contributed by atoms with Gasteiger partial charge in [-0.25, -0.2) is 4.98 Å². The van der Waals surface area contributed by atoms with Gasteiger partial charge in [0, 0.05) is 12.0 Å². The van der Waals surface area contributed by atoms with Crippen LogP contribution >= 0.6 is 0 Å². The summed E-state index contributed by atoms with van der Waals surface area (Å²) in [6.45, 7) is 4.15. The summed E-state index contributed by atoms with van der Waals surface area (Å²) in [6.07, 6.45) is -3.48. The highest BCUT2D eigenvalue weighted by molar-refractivity contribution is 5.80. The van der Waals surface area contributed by atoms with Crippen LogP contribution in [0.1, 0.15) is 37.4 Å². The van der Waals surface area contributed by atoms with Gasteiger partial charge in [0.1, 0.15) is 11.6 Å². The van der Waals surface area contributed by atoms with Crippen LogP contribution < -0.4 is 10.3 Å². The zero-order valence-electron chi connectivity index (χ0n) is 22.9. The molecule has 0 fully saturated rings. The van der Waals surface area contributed by atoms with E-state index in [1.165, 1.54) is 24.3 Å². The Bertz CT molecular complexity index is 1740. The lowest BCUT2D eigenvalue weighted by Crippen LogP contribution is -2.29. The number of ether oxygens (including phenoxy) is 1. The van der Waals surface area contributed by atoms with Crippen LogP contribution in [0.15, 0.2) is 82.1 Å². The monoisotopic (exact) mass is 576 g/mol. The lowest BCUT2D eigenvalue weighted by molar-refractivity contribution is -0.274. The van der Waals surface area contributed by atoms with E-state index in [-0.39, 0.29) is 23.7 Å². The summed E-state index contributed by atoms with van der Waals surface area (Å²) >= 11 is 0. The maximum atomic E-state index is 13.9. The van der Waals surface area contributed by atoms with Gasteiger partial charge in [-0.1, -0.05) is 79.7 Å². The lowest BCUT2D eigenvalue weighted by Gasteiger charge is -2.17. The Kier molecular flexibility index (Phi) is 8.10. The fourth-order valence-electron chi connectivity index (χ4n) is 4.82. The Labute approximate surface area is 239 Å². The summed E-state index contributed by atoms with van der Waals surface area (Å²) in [5, 5.41) is 13.3. The molecular weight excluding hydrogens is 549 g/mol. The molecule has 0 bridgehead atoms. The summed E-state index contributed by atoms with van der Waals surface area (Å²) in [6, 6.07) is 20.4. The fourth-order valence-corrected chi connectivity index (χ4v) is 4.82. The van der Waals surface area contributed by atoms with E-state index in [0.717, 1.165) is 23.1 Å². The minimum Gasteiger partial charge on any atom is -0.464 e. The molecule has 0 aliphatic carbocycles. The van der Waals surface area contributed by atoms with Crippen molar-refractivity contribution >= 4 is 0 Å². The number of aryl methyl sites for hydroxylation is 2. The molecule has 216 valence electrons. The average molecular weight is 577 g/mol. The van der Waals surface area contributed by atoms with E-state index in [0.29, 0.717) is 41.1 Å². The predicted molar refractivity (Wildman–Crippen MR) is 150 cm³/mol. The highest BCUT2D eigenvalue weighted by atomic mass is 19.4. The van der Waals surface area contributed by atoms with E-state index in [2.05, 4.69) is 14.9 Å². The molecule has 0 saturated heterocycles. The normalized spacial score (nSPS) is 11.5. The van der Waals surface area contributed by atoms with Crippen LogP contribution in [0.25, 0.3) is 33.6 Å². The topological polar surface area (TPSA) is 103 Å². The van der Waals surface area contributed by atoms with Gasteiger partial charge in [0.2, 0.25) is 5.82 Å². The SMILES string of the molecule is CCCc1nc(CC)c(-c2ccc(OC(F)(F)F)cc2)c(=O)n1Cc1ccc(-c2ccccc2-c2noc(O)n2)cc1. The molecule has 2 heterocycles. The predicted octanol–water partition coefficient (Wildman–Crippen LogP) is 6.79. The zero-order valence-corrected chi connectivity index (χ0v) is 22.9. The smallest absolute Gasteiger partial charge is 0.464 e. The molecule has 0 radical (unpaired) electrons. The van der Waals surface area contributed by atoms with Crippen molar-refractivity contribution < 1.29 is 27.5 Å². The summed E-state index contributed by atoms with van der Waals surface area (Å²) < 4.78 is 48.3. The summed E-state index contributed by atoms with van der Waals surface area (Å²) in [5.74, 6) is 0.542. The van der Waals surface area contributed by atoms with Crippen molar-refractivity contribution in [3.8, 4) is 45.5 Å². The Morgan fingerprint density at radius 1 is 0.905 bits per heavy atom. The standard InChI is InChI=1S/C31H27F3N4O4/c1-3-7-26-35-25(4-2)27(21-14-16-22(17-15-21)41-31(32,33)34)29(39)38(26)18-19-10-12-20(13-11-19)23-8-5-6-9-24(23)28-36-30(40)42-37-28/h5-6,8-17H,3-4,7,18H2,1-2H3,(H,36,37,40). The minimum absolute atomic E-state index is 0.258. The number of benzene rings is 3. The Balaban J connectivity index is 1.50. The van der Waals surface area contributed by atoms with E-state index in [4.69, 9.17) is 9.51 Å². The molecule has 0 atom stereocenters. The molecule has 0 spiro atoms. The van der Waals surface area contributed by atoms with E-state index < -0.39 is 12.4 Å². The first kappa shape index (κ1) is 28.6. The molecule has 0 unspecified atom stereocenters. The number of rotatable bonds is 9. The summed E-state index contributed by atoms with van der Waals surface area (Å²) in [7, 11) is 0. The van der Waals surface area contributed by atoms with Crippen LogP contribution in [0.3, 0.4) is 0 Å². The molecule has 2 aromatic heterocycles. The average Bonchev–Trinajstić information content (AvgIpc) is 3.41. The highest BCUT2D eigenvalue weighted by Crippen LogP contribution is 2.32. The Morgan fingerprint density at radius 3 is 2.17 bits per heavy atom. The van der Waals surface area contributed by atoms with Crippen LogP contribution in [-0.4, -0.2) is 31.2 Å². The van der Waals surface area contributed by atoms with Crippen LogP contribution in [0.4, 0.5) is 13.2 Å². The van der Waals surface area contributed by atoms with Crippen molar-refractivity contribution in [2.45, 2.75) is 46.0 Å². The van der Waals surface area contributed by atoms with Gasteiger partial charge < -0.3 is 9.84 Å². The van der Waals surface area contributed by atoms with Crippen molar-refractivity contribution in [2.75, 3.05) is 0 Å². The van der Waals surface area contributed by atoms with Gasteiger partial charge in [-0.3, -0.25) is 13.9 Å². The Hall–Kier alpha value is -4.93. The van der Waals surface area contributed by atoms with Crippen molar-refractivity contribution in [3.05, 3.63) is 100 Å². The highest BCUT2D eigenvalue weighted by Gasteiger charge is 2.31. The van der Waals surface area contributed by atoms with Gasteiger partial charge in [-0.2, -0.15) is 4.98 Å². The number of halogens is 3. The van der Waals surface area contributed by atoms with E-state index >= 15 is 0 Å². The van der Waals surface area contributed by atoms with Crippen LogP contribution in [0, 0.1) is 0 Å². The van der Waals surface area contributed by atoms with Crippen molar-refractivity contribution in [1.29, 1.82) is 0 Å². The molecule has 42 heavy (non-hydrogen) atoms. The second-order valence-corrected chi connectivity index (χ2v) is 9.56. The van der Waals surface area contributed by atoms with Crippen molar-refractivity contribution in [1.82, 2.24) is 19.7 Å². The first-order valence-electron chi connectivity index (χ1n) is 13.4. The number of hydrogen-bond acceptors (Lipinski definition) is 7. The second-order valence-electron chi connectivity index (χ2n) is 9.56. The molecular formula is C31H27F3N4O4. The van der Waals surface area contributed by atoms with Crippen LogP contribution in [0.2, 0.25) is 0 Å². The van der Waals surface area contributed by atoms with E-state index in [9.17, 15) is 23.1 Å². The first-order valence-corrected chi connectivity index (χ1v) is 13.4. The van der Waals surface area contributed by atoms with Crippen molar-refractivity contribution in [3.63, 3.8) is 0 Å². The third-order valence-electron chi connectivity index (χ3n) is 6.70. The molecule has 0 saturated carbocycles. The molecule has 1 N–H and O–H groups in total. The van der Waals surface area contributed by atoms with Gasteiger partial charge in [-0.05, 0) is 47.2 Å². The molecule has 3 aromatic carbocycles. The quantitative estimate of drug-likeness (QED) is 0.206. The molecule has 0 aliphatic heterocycles. The number of aromatic nitrogens is 4. The second kappa shape index (κ2) is 11.9. The zero-order chi connectivity index (χ0) is 29.9. The Morgan fingerprint density at radius 2 is 1.57 bits per heavy atom. The molecule has 5 rings (SSSR count).